The van der Waals surface area contributed by atoms with Crippen LogP contribution in [0.5, 0.6) is 11.5 Å². The fourth-order valence-corrected chi connectivity index (χ4v) is 3.20. The van der Waals surface area contributed by atoms with Crippen molar-refractivity contribution in [2.45, 2.75) is 13.8 Å². The molecule has 3 aromatic rings. The Morgan fingerprint density at radius 2 is 1.62 bits per heavy atom. The average molecular weight is 348 g/mol. The smallest absolute Gasteiger partial charge is 0.255 e. The van der Waals surface area contributed by atoms with Crippen molar-refractivity contribution in [2.24, 2.45) is 0 Å². The largest absolute Gasteiger partial charge is 0.486 e. The second-order valence-corrected chi connectivity index (χ2v) is 6.28. The van der Waals surface area contributed by atoms with Gasteiger partial charge in [0.05, 0.1) is 5.69 Å². The predicted octanol–water partition coefficient (Wildman–Crippen LogP) is 4.12. The van der Waals surface area contributed by atoms with Crippen LogP contribution in [0.3, 0.4) is 0 Å². The van der Waals surface area contributed by atoms with Crippen LogP contribution in [0.25, 0.3) is 5.69 Å². The molecular weight excluding hydrogens is 328 g/mol. The maximum atomic E-state index is 12.6. The molecule has 1 aliphatic heterocycles. The van der Waals surface area contributed by atoms with Gasteiger partial charge in [-0.3, -0.25) is 4.79 Å². The van der Waals surface area contributed by atoms with E-state index in [2.05, 4.69) is 35.9 Å². The number of ether oxygens (including phenoxy) is 2. The van der Waals surface area contributed by atoms with Gasteiger partial charge in [0.25, 0.3) is 5.91 Å². The van der Waals surface area contributed by atoms with Crippen molar-refractivity contribution in [3.63, 3.8) is 0 Å². The van der Waals surface area contributed by atoms with Crippen LogP contribution in [0, 0.1) is 13.8 Å². The molecule has 1 amide bonds. The van der Waals surface area contributed by atoms with E-state index in [0.717, 1.165) is 17.1 Å². The van der Waals surface area contributed by atoms with Crippen molar-refractivity contribution in [3.8, 4) is 17.2 Å². The second kappa shape index (κ2) is 6.59. The van der Waals surface area contributed by atoms with E-state index in [9.17, 15) is 4.79 Å². The Labute approximate surface area is 152 Å². The molecule has 0 bridgehead atoms. The molecule has 5 heteroatoms. The molecule has 1 aromatic heterocycles. The number of fused-ring (bicyclic) bond motifs is 1. The van der Waals surface area contributed by atoms with Gasteiger partial charge in [0.2, 0.25) is 0 Å². The van der Waals surface area contributed by atoms with E-state index in [1.165, 1.54) is 0 Å². The number of nitrogens with zero attached hydrogens (tertiary/aromatic N) is 1. The van der Waals surface area contributed by atoms with Crippen LogP contribution >= 0.6 is 0 Å². The Morgan fingerprint density at radius 3 is 2.35 bits per heavy atom. The highest BCUT2D eigenvalue weighted by molar-refractivity contribution is 6.05. The van der Waals surface area contributed by atoms with Crippen LogP contribution in [0.1, 0.15) is 21.7 Å². The van der Waals surface area contributed by atoms with E-state index in [4.69, 9.17) is 9.47 Å². The SMILES string of the molecule is Cc1ccc(C)n1-c1ccc(C(=O)Nc2cccc3c2OCCO3)cc1. The summed E-state index contributed by atoms with van der Waals surface area (Å²) in [4.78, 5) is 12.6. The standard InChI is InChI=1S/C21H20N2O3/c1-14-6-7-15(2)23(14)17-10-8-16(9-11-17)21(24)22-18-4-3-5-19-20(18)26-13-12-25-19/h3-11H,12-13H2,1-2H3,(H,22,24). The average Bonchev–Trinajstić information content (AvgIpc) is 3.00. The van der Waals surface area contributed by atoms with Crippen LogP contribution < -0.4 is 14.8 Å². The molecule has 26 heavy (non-hydrogen) atoms. The predicted molar refractivity (Wildman–Crippen MR) is 101 cm³/mol. The lowest BCUT2D eigenvalue weighted by atomic mass is 10.1. The minimum absolute atomic E-state index is 0.180. The molecule has 132 valence electrons. The number of aryl methyl sites for hydroxylation is 2. The molecule has 1 aliphatic rings. The van der Waals surface area contributed by atoms with E-state index < -0.39 is 0 Å². The van der Waals surface area contributed by atoms with Gasteiger partial charge in [-0.25, -0.2) is 0 Å². The summed E-state index contributed by atoms with van der Waals surface area (Å²) < 4.78 is 13.3. The quantitative estimate of drug-likeness (QED) is 0.775. The number of nitrogens with one attached hydrogen (secondary N) is 1. The zero-order valence-electron chi connectivity index (χ0n) is 14.8. The lowest BCUT2D eigenvalue weighted by Gasteiger charge is -2.21. The Balaban J connectivity index is 1.56. The summed E-state index contributed by atoms with van der Waals surface area (Å²) in [5, 5.41) is 2.91. The van der Waals surface area contributed by atoms with Crippen molar-refractivity contribution < 1.29 is 14.3 Å². The zero-order valence-corrected chi connectivity index (χ0v) is 14.8. The number of rotatable bonds is 3. The first-order chi connectivity index (χ1) is 12.6. The molecular formula is C21H20N2O3. The minimum Gasteiger partial charge on any atom is -0.486 e. The first-order valence-corrected chi connectivity index (χ1v) is 8.59. The maximum Gasteiger partial charge on any atom is 0.255 e. The summed E-state index contributed by atoms with van der Waals surface area (Å²) in [6.45, 7) is 5.12. The molecule has 0 saturated heterocycles. The van der Waals surface area contributed by atoms with Gasteiger partial charge in [-0.1, -0.05) is 6.07 Å². The molecule has 2 heterocycles. The Hall–Kier alpha value is -3.21. The first kappa shape index (κ1) is 16.3. The third-order valence-corrected chi connectivity index (χ3v) is 4.47. The number of hydrogen-bond donors (Lipinski definition) is 1. The zero-order chi connectivity index (χ0) is 18.1. The summed E-state index contributed by atoms with van der Waals surface area (Å²) in [6.07, 6.45) is 0. The van der Waals surface area contributed by atoms with Gasteiger partial charge in [0.1, 0.15) is 13.2 Å². The molecule has 4 rings (SSSR count). The number of amides is 1. The number of carbonyl (C=O) groups is 1. The van der Waals surface area contributed by atoms with Crippen molar-refractivity contribution in [2.75, 3.05) is 18.5 Å². The highest BCUT2D eigenvalue weighted by Crippen LogP contribution is 2.37. The summed E-state index contributed by atoms with van der Waals surface area (Å²) >= 11 is 0. The van der Waals surface area contributed by atoms with Gasteiger partial charge in [0.15, 0.2) is 11.5 Å². The summed E-state index contributed by atoms with van der Waals surface area (Å²) in [7, 11) is 0. The highest BCUT2D eigenvalue weighted by Gasteiger charge is 2.17. The van der Waals surface area contributed by atoms with Crippen molar-refractivity contribution in [1.82, 2.24) is 4.57 Å². The Kier molecular flexibility index (Phi) is 4.13. The number of aromatic nitrogens is 1. The lowest BCUT2D eigenvalue weighted by molar-refractivity contribution is 0.102. The van der Waals surface area contributed by atoms with E-state index in [0.29, 0.717) is 36.0 Å². The van der Waals surface area contributed by atoms with E-state index in [1.807, 2.05) is 42.5 Å². The van der Waals surface area contributed by atoms with Crippen molar-refractivity contribution in [1.29, 1.82) is 0 Å². The Morgan fingerprint density at radius 1 is 0.923 bits per heavy atom. The summed E-state index contributed by atoms with van der Waals surface area (Å²) in [5.41, 5.74) is 4.56. The molecule has 0 unspecified atom stereocenters. The van der Waals surface area contributed by atoms with Gasteiger partial charge < -0.3 is 19.4 Å². The number of benzene rings is 2. The highest BCUT2D eigenvalue weighted by atomic mass is 16.6. The number of para-hydroxylation sites is 1. The second-order valence-electron chi connectivity index (χ2n) is 6.28. The number of carbonyl (C=O) groups excluding carboxylic acids is 1. The fourth-order valence-electron chi connectivity index (χ4n) is 3.20. The van der Waals surface area contributed by atoms with Crippen LogP contribution in [0.15, 0.2) is 54.6 Å². The van der Waals surface area contributed by atoms with Gasteiger partial charge in [-0.2, -0.15) is 0 Å². The van der Waals surface area contributed by atoms with E-state index in [1.54, 1.807) is 0 Å². The van der Waals surface area contributed by atoms with Crippen LogP contribution in [-0.2, 0) is 0 Å². The fraction of sp³-hybridized carbons (Fsp3) is 0.190. The topological polar surface area (TPSA) is 52.5 Å². The van der Waals surface area contributed by atoms with Gasteiger partial charge >= 0.3 is 0 Å². The summed E-state index contributed by atoms with van der Waals surface area (Å²) in [6, 6.07) is 17.2. The first-order valence-electron chi connectivity index (χ1n) is 8.59. The molecule has 0 fully saturated rings. The van der Waals surface area contributed by atoms with Gasteiger partial charge in [-0.05, 0) is 62.4 Å². The third kappa shape index (κ3) is 2.92. The molecule has 0 atom stereocenters. The molecule has 5 nitrogen and oxygen atoms in total. The third-order valence-electron chi connectivity index (χ3n) is 4.47. The van der Waals surface area contributed by atoms with Crippen LogP contribution in [-0.4, -0.2) is 23.7 Å². The van der Waals surface area contributed by atoms with E-state index in [-0.39, 0.29) is 5.91 Å². The van der Waals surface area contributed by atoms with Crippen molar-refractivity contribution >= 4 is 11.6 Å². The lowest BCUT2D eigenvalue weighted by Crippen LogP contribution is -2.18. The molecule has 1 N–H and O–H groups in total. The molecule has 0 spiro atoms. The van der Waals surface area contributed by atoms with E-state index >= 15 is 0 Å². The molecule has 0 saturated carbocycles. The van der Waals surface area contributed by atoms with Gasteiger partial charge in [-0.15, -0.1) is 0 Å². The van der Waals surface area contributed by atoms with Crippen LogP contribution in [0.4, 0.5) is 5.69 Å². The van der Waals surface area contributed by atoms with Crippen LogP contribution in [0.2, 0.25) is 0 Å². The summed E-state index contributed by atoms with van der Waals surface area (Å²) in [5.74, 6) is 1.06. The van der Waals surface area contributed by atoms with Crippen molar-refractivity contribution in [3.05, 3.63) is 71.5 Å². The van der Waals surface area contributed by atoms with Gasteiger partial charge in [0, 0.05) is 22.6 Å². The maximum absolute atomic E-state index is 12.6. The number of hydrogen-bond acceptors (Lipinski definition) is 3. The Bertz CT molecular complexity index is 938. The molecule has 2 aromatic carbocycles. The molecule has 0 aliphatic carbocycles. The monoisotopic (exact) mass is 348 g/mol. The number of anilines is 1. The minimum atomic E-state index is -0.180. The normalized spacial score (nSPS) is 12.7. The molecule has 0 radical (unpaired) electrons.